The fourth-order valence-corrected chi connectivity index (χ4v) is 1.32. The molecule has 1 aromatic heterocycles. The molecule has 2 amide bonds. The Bertz CT molecular complexity index is 496. The summed E-state index contributed by atoms with van der Waals surface area (Å²) in [5.41, 5.74) is 6.64. The van der Waals surface area contributed by atoms with E-state index in [0.717, 1.165) is 5.56 Å². The molecule has 0 saturated heterocycles. The number of nitrogens with zero attached hydrogens (tertiary/aromatic N) is 3. The molecule has 0 saturated carbocycles. The van der Waals surface area contributed by atoms with Crippen molar-refractivity contribution in [2.45, 2.75) is 6.54 Å². The maximum absolute atomic E-state index is 10.7. The molecule has 0 atom stereocenters. The maximum atomic E-state index is 10.7. The number of anilines is 2. The normalized spacial score (nSPS) is 9.88. The van der Waals surface area contributed by atoms with Crippen molar-refractivity contribution in [2.24, 2.45) is 5.73 Å². The lowest BCUT2D eigenvalue weighted by molar-refractivity contribution is 0.259. The Hall–Kier alpha value is -2.64. The summed E-state index contributed by atoms with van der Waals surface area (Å²) in [6, 6.07) is 6.70. The molecule has 0 fully saturated rings. The first-order valence-corrected chi connectivity index (χ1v) is 4.87. The second-order valence-electron chi connectivity index (χ2n) is 3.29. The number of primary amides is 1. The van der Waals surface area contributed by atoms with Gasteiger partial charge < -0.3 is 16.4 Å². The van der Waals surface area contributed by atoms with Crippen molar-refractivity contribution in [3.8, 4) is 0 Å². The Labute approximate surface area is 96.6 Å². The topological polar surface area (TPSA) is 122 Å². The molecular formula is C9H11N7O. The van der Waals surface area contributed by atoms with E-state index >= 15 is 0 Å². The van der Waals surface area contributed by atoms with E-state index in [0.29, 0.717) is 18.2 Å². The highest BCUT2D eigenvalue weighted by molar-refractivity contribution is 5.87. The number of aromatic nitrogens is 4. The number of nitrogens with two attached hydrogens (primary N) is 1. The number of hydrogen-bond acceptors (Lipinski definition) is 5. The quantitative estimate of drug-likeness (QED) is 0.605. The minimum atomic E-state index is -0.588. The average Bonchev–Trinajstić information content (AvgIpc) is 2.79. The van der Waals surface area contributed by atoms with Gasteiger partial charge in [0.1, 0.15) is 0 Å². The smallest absolute Gasteiger partial charge is 0.316 e. The van der Waals surface area contributed by atoms with Crippen LogP contribution in [0, 0.1) is 0 Å². The number of benzene rings is 1. The van der Waals surface area contributed by atoms with Gasteiger partial charge in [-0.15, -0.1) is 0 Å². The Balaban J connectivity index is 1.98. The zero-order valence-corrected chi connectivity index (χ0v) is 8.84. The van der Waals surface area contributed by atoms with Gasteiger partial charge in [-0.25, -0.2) is 9.89 Å². The lowest BCUT2D eigenvalue weighted by Crippen LogP contribution is -2.19. The zero-order chi connectivity index (χ0) is 12.1. The standard InChI is InChI=1S/C9H11N7O/c10-8(17)12-7-3-1-2-6(4-7)5-11-9-13-15-16-14-9/h1-4H,5H2,(H3,10,12,17)(H2,11,13,14,15,16). The molecule has 8 heteroatoms. The second-order valence-corrected chi connectivity index (χ2v) is 3.29. The number of rotatable bonds is 4. The number of hydrogen-bond donors (Lipinski definition) is 4. The predicted octanol–water partition coefficient (Wildman–Crippen LogP) is 0.302. The van der Waals surface area contributed by atoms with Gasteiger partial charge >= 0.3 is 6.03 Å². The van der Waals surface area contributed by atoms with Gasteiger partial charge in [-0.05, 0) is 28.1 Å². The SMILES string of the molecule is NC(=O)Nc1cccc(CNc2nnn[nH]2)c1. The molecular weight excluding hydrogens is 222 g/mol. The summed E-state index contributed by atoms with van der Waals surface area (Å²) in [6.45, 7) is 0.533. The van der Waals surface area contributed by atoms with Gasteiger partial charge in [-0.1, -0.05) is 17.2 Å². The fraction of sp³-hybridized carbons (Fsp3) is 0.111. The van der Waals surface area contributed by atoms with Crippen molar-refractivity contribution in [3.05, 3.63) is 29.8 Å². The van der Waals surface area contributed by atoms with Crippen molar-refractivity contribution >= 4 is 17.7 Å². The van der Waals surface area contributed by atoms with E-state index < -0.39 is 6.03 Å². The van der Waals surface area contributed by atoms with Crippen molar-refractivity contribution in [1.29, 1.82) is 0 Å². The van der Waals surface area contributed by atoms with Crippen LogP contribution in [0.25, 0.3) is 0 Å². The largest absolute Gasteiger partial charge is 0.351 e. The number of amides is 2. The van der Waals surface area contributed by atoms with Gasteiger partial charge in [0.15, 0.2) is 0 Å². The second kappa shape index (κ2) is 4.92. The Morgan fingerprint density at radius 3 is 3.06 bits per heavy atom. The molecule has 1 aromatic carbocycles. The van der Waals surface area contributed by atoms with E-state index in [1.54, 1.807) is 6.07 Å². The predicted molar refractivity (Wildman–Crippen MR) is 61.2 cm³/mol. The third-order valence-corrected chi connectivity index (χ3v) is 2.00. The van der Waals surface area contributed by atoms with E-state index in [9.17, 15) is 4.79 Å². The number of nitrogens with one attached hydrogen (secondary N) is 3. The molecule has 17 heavy (non-hydrogen) atoms. The summed E-state index contributed by atoms with van der Waals surface area (Å²) in [7, 11) is 0. The zero-order valence-electron chi connectivity index (χ0n) is 8.84. The van der Waals surface area contributed by atoms with E-state index in [1.165, 1.54) is 0 Å². The summed E-state index contributed by atoms with van der Waals surface area (Å²) < 4.78 is 0. The van der Waals surface area contributed by atoms with Gasteiger partial charge in [0.05, 0.1) is 0 Å². The third-order valence-electron chi connectivity index (χ3n) is 2.00. The number of carbonyl (C=O) groups excluding carboxylic acids is 1. The summed E-state index contributed by atoms with van der Waals surface area (Å²) in [6.07, 6.45) is 0. The van der Waals surface area contributed by atoms with E-state index in [2.05, 4.69) is 31.3 Å². The first kappa shape index (κ1) is 10.9. The lowest BCUT2D eigenvalue weighted by atomic mass is 10.2. The van der Waals surface area contributed by atoms with Crippen LogP contribution in [0.4, 0.5) is 16.4 Å². The maximum Gasteiger partial charge on any atom is 0.316 e. The first-order valence-electron chi connectivity index (χ1n) is 4.87. The van der Waals surface area contributed by atoms with Crippen LogP contribution in [-0.2, 0) is 6.54 Å². The van der Waals surface area contributed by atoms with Crippen LogP contribution in [0.5, 0.6) is 0 Å². The molecule has 8 nitrogen and oxygen atoms in total. The summed E-state index contributed by atoms with van der Waals surface area (Å²) in [4.78, 5) is 10.7. The van der Waals surface area contributed by atoms with E-state index in [-0.39, 0.29) is 0 Å². The lowest BCUT2D eigenvalue weighted by Gasteiger charge is -2.05. The van der Waals surface area contributed by atoms with Crippen molar-refractivity contribution in [2.75, 3.05) is 10.6 Å². The molecule has 0 radical (unpaired) electrons. The van der Waals surface area contributed by atoms with Crippen LogP contribution < -0.4 is 16.4 Å². The van der Waals surface area contributed by atoms with Crippen LogP contribution in [0.2, 0.25) is 0 Å². The van der Waals surface area contributed by atoms with Gasteiger partial charge in [-0.2, -0.15) is 0 Å². The molecule has 2 rings (SSSR count). The van der Waals surface area contributed by atoms with Crippen molar-refractivity contribution in [3.63, 3.8) is 0 Å². The van der Waals surface area contributed by atoms with Crippen LogP contribution >= 0.6 is 0 Å². The number of tetrazole rings is 1. The molecule has 0 aliphatic heterocycles. The average molecular weight is 233 g/mol. The Kier molecular flexibility index (Phi) is 3.15. The molecule has 1 heterocycles. The Morgan fingerprint density at radius 2 is 2.35 bits per heavy atom. The molecule has 0 aliphatic carbocycles. The summed E-state index contributed by atoms with van der Waals surface area (Å²) in [5.74, 6) is 0.485. The molecule has 5 N–H and O–H groups in total. The molecule has 88 valence electrons. The van der Waals surface area contributed by atoms with Gasteiger partial charge in [0.25, 0.3) is 0 Å². The number of carbonyl (C=O) groups is 1. The molecule has 0 bridgehead atoms. The highest BCUT2D eigenvalue weighted by Crippen LogP contribution is 2.11. The molecule has 2 aromatic rings. The van der Waals surface area contributed by atoms with Crippen LogP contribution in [0.1, 0.15) is 5.56 Å². The van der Waals surface area contributed by atoms with Gasteiger partial charge in [0, 0.05) is 12.2 Å². The van der Waals surface area contributed by atoms with Crippen LogP contribution in [-0.4, -0.2) is 26.7 Å². The van der Waals surface area contributed by atoms with Crippen molar-refractivity contribution < 1.29 is 4.79 Å². The first-order chi connectivity index (χ1) is 8.24. The number of aromatic amines is 1. The van der Waals surface area contributed by atoms with Crippen molar-refractivity contribution in [1.82, 2.24) is 20.6 Å². The monoisotopic (exact) mass is 233 g/mol. The molecule has 0 spiro atoms. The minimum absolute atomic E-state index is 0.485. The number of urea groups is 1. The highest BCUT2D eigenvalue weighted by atomic mass is 16.2. The third kappa shape index (κ3) is 3.16. The molecule has 0 aliphatic rings. The minimum Gasteiger partial charge on any atom is -0.351 e. The van der Waals surface area contributed by atoms with Crippen LogP contribution in [0.3, 0.4) is 0 Å². The number of H-pyrrole nitrogens is 1. The molecule has 0 unspecified atom stereocenters. The summed E-state index contributed by atoms with van der Waals surface area (Å²) >= 11 is 0. The van der Waals surface area contributed by atoms with E-state index in [1.807, 2.05) is 18.2 Å². The highest BCUT2D eigenvalue weighted by Gasteiger charge is 1.99. The van der Waals surface area contributed by atoms with E-state index in [4.69, 9.17) is 5.73 Å². The fourth-order valence-electron chi connectivity index (χ4n) is 1.32. The van der Waals surface area contributed by atoms with Gasteiger partial charge in [-0.3, -0.25) is 0 Å². The van der Waals surface area contributed by atoms with Crippen LogP contribution in [0.15, 0.2) is 24.3 Å². The Morgan fingerprint density at radius 1 is 1.47 bits per heavy atom. The summed E-state index contributed by atoms with van der Waals surface area (Å²) in [5, 5.41) is 18.6. The van der Waals surface area contributed by atoms with Gasteiger partial charge in [0.2, 0.25) is 5.95 Å².